The van der Waals surface area contributed by atoms with Crippen LogP contribution >= 0.6 is 0 Å². The van der Waals surface area contributed by atoms with Crippen LogP contribution in [0.1, 0.15) is 17.5 Å². The van der Waals surface area contributed by atoms with Gasteiger partial charge in [0.2, 0.25) is 5.91 Å². The molecule has 3 N–H and O–H groups in total. The normalized spacial score (nSPS) is 23.3. The molecule has 1 amide bonds. The lowest BCUT2D eigenvalue weighted by Crippen LogP contribution is -2.42. The van der Waals surface area contributed by atoms with E-state index >= 15 is 0 Å². The number of nitrogens with two attached hydrogens (primary N) is 1. The van der Waals surface area contributed by atoms with E-state index < -0.39 is 0 Å². The number of aromatic nitrogens is 1. The van der Waals surface area contributed by atoms with Crippen LogP contribution in [0.2, 0.25) is 0 Å². The van der Waals surface area contributed by atoms with Crippen LogP contribution in [0.5, 0.6) is 0 Å². The standard InChI is InChI=1S/C21H29N5O2/c1-14-3-4-15-10-16(12-26-13-17(22)11-19(26)21(27)23-2)20(24-18(15)9-14)25-5-7-28-8-6-25/h3-4,9-10,17,19H,5-8,11-13,22H2,1-2H3,(H,23,27)/t17-,19-/m0/s1. The molecule has 7 heteroatoms. The molecular weight excluding hydrogens is 354 g/mol. The number of nitrogens with zero attached hydrogens (tertiary/aromatic N) is 3. The Morgan fingerprint density at radius 2 is 2.11 bits per heavy atom. The van der Waals surface area contributed by atoms with E-state index in [1.54, 1.807) is 7.05 Å². The van der Waals surface area contributed by atoms with E-state index in [1.807, 2.05) is 0 Å². The molecule has 7 nitrogen and oxygen atoms in total. The van der Waals surface area contributed by atoms with Crippen molar-refractivity contribution in [2.24, 2.45) is 5.73 Å². The number of benzene rings is 1. The second-order valence-electron chi connectivity index (χ2n) is 7.82. The molecule has 150 valence electrons. The average Bonchev–Trinajstić information content (AvgIpc) is 3.08. The van der Waals surface area contributed by atoms with Crippen molar-refractivity contribution < 1.29 is 9.53 Å². The third-order valence-electron chi connectivity index (χ3n) is 5.70. The summed E-state index contributed by atoms with van der Waals surface area (Å²) in [6.07, 6.45) is 0.687. The number of aryl methyl sites for hydroxylation is 1. The number of likely N-dealkylation sites (tertiary alicyclic amines) is 1. The Morgan fingerprint density at radius 1 is 1.32 bits per heavy atom. The first-order valence-corrected chi connectivity index (χ1v) is 9.99. The highest BCUT2D eigenvalue weighted by Crippen LogP contribution is 2.29. The number of likely N-dealkylation sites (N-methyl/N-ethyl adjacent to an activating group) is 1. The van der Waals surface area contributed by atoms with Crippen molar-refractivity contribution in [3.63, 3.8) is 0 Å². The first-order valence-electron chi connectivity index (χ1n) is 9.99. The predicted molar refractivity (Wildman–Crippen MR) is 110 cm³/mol. The van der Waals surface area contributed by atoms with Crippen LogP contribution < -0.4 is 16.0 Å². The summed E-state index contributed by atoms with van der Waals surface area (Å²) in [7, 11) is 1.68. The number of amides is 1. The van der Waals surface area contributed by atoms with Crippen molar-refractivity contribution >= 4 is 22.6 Å². The summed E-state index contributed by atoms with van der Waals surface area (Å²) in [5.74, 6) is 1.03. The van der Waals surface area contributed by atoms with Crippen LogP contribution in [0.15, 0.2) is 24.3 Å². The number of carbonyl (C=O) groups is 1. The van der Waals surface area contributed by atoms with E-state index in [9.17, 15) is 4.79 Å². The van der Waals surface area contributed by atoms with Gasteiger partial charge >= 0.3 is 0 Å². The summed E-state index contributed by atoms with van der Waals surface area (Å²) in [5, 5.41) is 3.90. The Bertz CT molecular complexity index is 865. The van der Waals surface area contributed by atoms with Crippen LogP contribution in [0.25, 0.3) is 10.9 Å². The van der Waals surface area contributed by atoms with Crippen LogP contribution in [0, 0.1) is 6.92 Å². The molecule has 2 aliphatic heterocycles. The number of anilines is 1. The maximum Gasteiger partial charge on any atom is 0.237 e. The molecule has 1 aromatic carbocycles. The van der Waals surface area contributed by atoms with Crippen LogP contribution in [-0.2, 0) is 16.1 Å². The summed E-state index contributed by atoms with van der Waals surface area (Å²) < 4.78 is 5.53. The van der Waals surface area contributed by atoms with Crippen LogP contribution in [0.4, 0.5) is 5.82 Å². The number of hydrogen-bond donors (Lipinski definition) is 2. The monoisotopic (exact) mass is 383 g/mol. The van der Waals surface area contributed by atoms with E-state index in [-0.39, 0.29) is 18.0 Å². The molecule has 0 radical (unpaired) electrons. The number of rotatable bonds is 4. The fourth-order valence-electron chi connectivity index (χ4n) is 4.25. The number of pyridine rings is 1. The van der Waals surface area contributed by atoms with Crippen molar-refractivity contribution in [1.82, 2.24) is 15.2 Å². The quantitative estimate of drug-likeness (QED) is 0.820. The highest BCUT2D eigenvalue weighted by atomic mass is 16.5. The maximum absolute atomic E-state index is 12.3. The number of nitrogens with one attached hydrogen (secondary N) is 1. The summed E-state index contributed by atoms with van der Waals surface area (Å²) in [6.45, 7) is 6.54. The largest absolute Gasteiger partial charge is 0.378 e. The lowest BCUT2D eigenvalue weighted by atomic mass is 10.1. The van der Waals surface area contributed by atoms with Gasteiger partial charge in [0.1, 0.15) is 5.82 Å². The van der Waals surface area contributed by atoms with Gasteiger partial charge in [-0.05, 0) is 31.0 Å². The van der Waals surface area contributed by atoms with Crippen molar-refractivity contribution in [1.29, 1.82) is 0 Å². The molecule has 0 spiro atoms. The zero-order chi connectivity index (χ0) is 19.7. The third kappa shape index (κ3) is 3.83. The lowest BCUT2D eigenvalue weighted by molar-refractivity contribution is -0.125. The van der Waals surface area contributed by atoms with Gasteiger partial charge in [0.05, 0.1) is 24.8 Å². The Hall–Kier alpha value is -2.22. The van der Waals surface area contributed by atoms with Crippen molar-refractivity contribution in [3.05, 3.63) is 35.4 Å². The fraction of sp³-hybridized carbons (Fsp3) is 0.524. The Morgan fingerprint density at radius 3 is 2.86 bits per heavy atom. The number of hydrogen-bond acceptors (Lipinski definition) is 6. The molecule has 28 heavy (non-hydrogen) atoms. The number of morpholine rings is 1. The second-order valence-corrected chi connectivity index (χ2v) is 7.82. The van der Waals surface area contributed by atoms with Gasteiger partial charge in [-0.15, -0.1) is 0 Å². The number of ether oxygens (including phenoxy) is 1. The molecule has 0 aliphatic carbocycles. The maximum atomic E-state index is 12.3. The molecule has 2 fully saturated rings. The fourth-order valence-corrected chi connectivity index (χ4v) is 4.25. The van der Waals surface area contributed by atoms with Gasteiger partial charge in [-0.1, -0.05) is 12.1 Å². The number of carbonyl (C=O) groups excluding carboxylic acids is 1. The highest BCUT2D eigenvalue weighted by molar-refractivity contribution is 5.83. The zero-order valence-electron chi connectivity index (χ0n) is 16.6. The molecule has 2 aromatic rings. The highest BCUT2D eigenvalue weighted by Gasteiger charge is 2.35. The SMILES string of the molecule is CNC(=O)[C@@H]1C[C@H](N)CN1Cc1cc2ccc(C)cc2nc1N1CCOCC1. The Kier molecular flexibility index (Phi) is 5.48. The first-order chi connectivity index (χ1) is 13.5. The Labute approximate surface area is 165 Å². The number of fused-ring (bicyclic) bond motifs is 1. The van der Waals surface area contributed by atoms with E-state index in [4.69, 9.17) is 15.5 Å². The molecule has 2 atom stereocenters. The van der Waals surface area contributed by atoms with E-state index in [2.05, 4.69) is 46.3 Å². The molecule has 4 rings (SSSR count). The minimum absolute atomic E-state index is 0.0187. The van der Waals surface area contributed by atoms with Crippen molar-refractivity contribution in [2.45, 2.75) is 32.0 Å². The van der Waals surface area contributed by atoms with E-state index in [0.717, 1.165) is 35.4 Å². The molecule has 0 unspecified atom stereocenters. The van der Waals surface area contributed by atoms with Crippen molar-refractivity contribution in [3.8, 4) is 0 Å². The summed E-state index contributed by atoms with van der Waals surface area (Å²) in [4.78, 5) is 21.9. The van der Waals surface area contributed by atoms with E-state index in [0.29, 0.717) is 32.7 Å². The van der Waals surface area contributed by atoms with Gasteiger partial charge in [-0.25, -0.2) is 4.98 Å². The Balaban J connectivity index is 1.71. The summed E-state index contributed by atoms with van der Waals surface area (Å²) in [6, 6.07) is 8.41. The van der Waals surface area contributed by atoms with E-state index in [1.165, 1.54) is 5.56 Å². The van der Waals surface area contributed by atoms with Gasteiger partial charge in [-0.2, -0.15) is 0 Å². The minimum atomic E-state index is -0.189. The minimum Gasteiger partial charge on any atom is -0.378 e. The third-order valence-corrected chi connectivity index (χ3v) is 5.70. The molecule has 1 aromatic heterocycles. The lowest BCUT2D eigenvalue weighted by Gasteiger charge is -2.31. The molecular formula is C21H29N5O2. The van der Waals surface area contributed by atoms with Gasteiger partial charge in [0.15, 0.2) is 0 Å². The van der Waals surface area contributed by atoms with Crippen LogP contribution in [-0.4, -0.2) is 67.8 Å². The van der Waals surface area contributed by atoms with Gasteiger partial charge < -0.3 is 20.7 Å². The van der Waals surface area contributed by atoms with Gasteiger partial charge in [0.25, 0.3) is 0 Å². The summed E-state index contributed by atoms with van der Waals surface area (Å²) in [5.41, 5.74) is 9.53. The van der Waals surface area contributed by atoms with Gasteiger partial charge in [0, 0.05) is 50.2 Å². The van der Waals surface area contributed by atoms with Crippen molar-refractivity contribution in [2.75, 3.05) is 44.8 Å². The molecule has 2 aliphatic rings. The molecule has 3 heterocycles. The summed E-state index contributed by atoms with van der Waals surface area (Å²) >= 11 is 0. The smallest absolute Gasteiger partial charge is 0.237 e. The second kappa shape index (κ2) is 8.03. The first kappa shape index (κ1) is 19.1. The van der Waals surface area contributed by atoms with Gasteiger partial charge in [-0.3, -0.25) is 9.69 Å². The topological polar surface area (TPSA) is 83.7 Å². The molecule has 0 bridgehead atoms. The zero-order valence-corrected chi connectivity index (χ0v) is 16.6. The molecule has 2 saturated heterocycles. The average molecular weight is 383 g/mol. The van der Waals surface area contributed by atoms with Crippen LogP contribution in [0.3, 0.4) is 0 Å². The molecule has 0 saturated carbocycles. The predicted octanol–water partition coefficient (Wildman–Crippen LogP) is 1.03.